The third-order valence-corrected chi connectivity index (χ3v) is 7.13. The van der Waals surface area contributed by atoms with Crippen molar-refractivity contribution in [2.45, 2.75) is 26.7 Å². The molecule has 1 aliphatic rings. The van der Waals surface area contributed by atoms with E-state index in [0.717, 1.165) is 28.8 Å². The summed E-state index contributed by atoms with van der Waals surface area (Å²) < 4.78 is 5.52. The Labute approximate surface area is 230 Å². The fourth-order valence-corrected chi connectivity index (χ4v) is 5.14. The minimum absolute atomic E-state index is 0.158. The Kier molecular flexibility index (Phi) is 7.45. The average molecular weight is 546 g/mol. The summed E-state index contributed by atoms with van der Waals surface area (Å²) in [5.74, 6) is -0.670. The second-order valence-electron chi connectivity index (χ2n) is 9.44. The highest BCUT2D eigenvalue weighted by atomic mass is 35.5. The number of pyridine rings is 2. The number of benzene rings is 2. The van der Waals surface area contributed by atoms with E-state index in [9.17, 15) is 9.59 Å². The number of allylic oxidation sites excluding steroid dienone is 1. The van der Waals surface area contributed by atoms with Crippen LogP contribution in [0.25, 0.3) is 22.6 Å². The summed E-state index contributed by atoms with van der Waals surface area (Å²) in [4.78, 5) is 35.3. The Morgan fingerprint density at radius 2 is 1.76 bits per heavy atom. The monoisotopic (exact) mass is 545 g/mol. The first-order valence-corrected chi connectivity index (χ1v) is 13.0. The lowest BCUT2D eigenvalue weighted by Crippen LogP contribution is -2.24. The van der Waals surface area contributed by atoms with Gasteiger partial charge in [0.1, 0.15) is 0 Å². The van der Waals surface area contributed by atoms with E-state index in [1.807, 2.05) is 54.6 Å². The molecule has 5 rings (SSSR count). The van der Waals surface area contributed by atoms with Crippen molar-refractivity contribution < 1.29 is 14.3 Å². The van der Waals surface area contributed by atoms with Crippen LogP contribution in [0, 0.1) is 12.8 Å². The number of halogens is 2. The zero-order chi connectivity index (χ0) is 26.8. The number of hydrogen-bond acceptors (Lipinski definition) is 5. The van der Waals surface area contributed by atoms with Gasteiger partial charge in [0.05, 0.1) is 32.5 Å². The second-order valence-corrected chi connectivity index (χ2v) is 10.2. The lowest BCUT2D eigenvalue weighted by Gasteiger charge is -2.26. The summed E-state index contributed by atoms with van der Waals surface area (Å²) in [6.07, 6.45) is 3.65. The fraction of sp³-hybridized carbons (Fsp3) is 0.200. The zero-order valence-corrected chi connectivity index (χ0v) is 22.4. The van der Waals surface area contributed by atoms with Crippen LogP contribution in [0.4, 0.5) is 5.82 Å². The number of nitrogens with one attached hydrogen (secondary N) is 1. The largest absolute Gasteiger partial charge is 0.452 e. The van der Waals surface area contributed by atoms with E-state index in [1.165, 1.54) is 6.07 Å². The summed E-state index contributed by atoms with van der Waals surface area (Å²) >= 11 is 12.2. The Morgan fingerprint density at radius 3 is 2.55 bits per heavy atom. The van der Waals surface area contributed by atoms with Gasteiger partial charge in [0.25, 0.3) is 5.91 Å². The molecular formula is C30H25Cl2N3O3. The number of hydrogen-bond donors (Lipinski definition) is 1. The number of aryl methyl sites for hydroxylation is 1. The first-order valence-electron chi connectivity index (χ1n) is 12.3. The number of carbonyl (C=O) groups excluding carboxylic acids is 2. The molecular weight excluding hydrogens is 521 g/mol. The second kappa shape index (κ2) is 10.9. The van der Waals surface area contributed by atoms with Crippen LogP contribution in [-0.2, 0) is 16.0 Å². The highest BCUT2D eigenvalue weighted by molar-refractivity contribution is 6.36. The molecule has 0 radical (unpaired) electrons. The van der Waals surface area contributed by atoms with Crippen molar-refractivity contribution in [2.75, 3.05) is 11.9 Å². The zero-order valence-electron chi connectivity index (χ0n) is 20.9. The van der Waals surface area contributed by atoms with Crippen LogP contribution < -0.4 is 5.32 Å². The van der Waals surface area contributed by atoms with Crippen LogP contribution >= 0.6 is 23.2 Å². The Hall–Kier alpha value is -3.74. The molecule has 1 amide bonds. The van der Waals surface area contributed by atoms with Crippen molar-refractivity contribution in [1.29, 1.82) is 0 Å². The van der Waals surface area contributed by atoms with Gasteiger partial charge in [-0.15, -0.1) is 0 Å². The number of amides is 1. The lowest BCUT2D eigenvalue weighted by atomic mass is 9.80. The number of ether oxygens (including phenoxy) is 1. The minimum Gasteiger partial charge on any atom is -0.452 e. The number of fused-ring (bicyclic) bond motifs is 2. The molecule has 0 aliphatic heterocycles. The molecule has 38 heavy (non-hydrogen) atoms. The van der Waals surface area contributed by atoms with Gasteiger partial charge >= 0.3 is 5.97 Å². The third-order valence-electron chi connectivity index (χ3n) is 6.46. The van der Waals surface area contributed by atoms with Gasteiger partial charge < -0.3 is 10.1 Å². The van der Waals surface area contributed by atoms with Gasteiger partial charge in [-0.25, -0.2) is 14.8 Å². The van der Waals surface area contributed by atoms with Gasteiger partial charge in [-0.1, -0.05) is 78.7 Å². The molecule has 0 bridgehead atoms. The first-order chi connectivity index (χ1) is 18.3. The Balaban J connectivity index is 1.47. The molecule has 1 atom stereocenters. The number of aromatic nitrogens is 2. The quantitative estimate of drug-likeness (QED) is 0.269. The maximum absolute atomic E-state index is 13.5. The summed E-state index contributed by atoms with van der Waals surface area (Å²) in [5, 5.41) is 3.87. The van der Waals surface area contributed by atoms with Crippen molar-refractivity contribution in [3.05, 3.63) is 98.8 Å². The highest BCUT2D eigenvalue weighted by Crippen LogP contribution is 2.38. The van der Waals surface area contributed by atoms with Crippen molar-refractivity contribution >= 4 is 63.4 Å². The Bertz CT molecular complexity index is 1590. The summed E-state index contributed by atoms with van der Waals surface area (Å²) in [5.41, 5.74) is 5.45. The van der Waals surface area contributed by atoms with Crippen LogP contribution in [0.1, 0.15) is 46.2 Å². The SMILES string of the molecule is Cc1nc(NC(=O)COC(=O)c2c3c(nc4ccccc24)/C(=C/c2ccccc2)CC(C)C3)c(Cl)cc1Cl. The topological polar surface area (TPSA) is 81.2 Å². The van der Waals surface area contributed by atoms with Crippen LogP contribution in [0.15, 0.2) is 60.7 Å². The molecule has 0 saturated heterocycles. The smallest absolute Gasteiger partial charge is 0.339 e. The van der Waals surface area contributed by atoms with Crippen molar-refractivity contribution in [2.24, 2.45) is 5.92 Å². The van der Waals surface area contributed by atoms with E-state index >= 15 is 0 Å². The van der Waals surface area contributed by atoms with Gasteiger partial charge in [-0.05, 0) is 60.6 Å². The molecule has 1 unspecified atom stereocenters. The van der Waals surface area contributed by atoms with E-state index < -0.39 is 18.5 Å². The molecule has 6 nitrogen and oxygen atoms in total. The van der Waals surface area contributed by atoms with Gasteiger partial charge in [-0.3, -0.25) is 4.79 Å². The molecule has 1 aliphatic carbocycles. The van der Waals surface area contributed by atoms with Crippen LogP contribution in [0.5, 0.6) is 0 Å². The minimum atomic E-state index is -0.575. The number of nitrogens with zero attached hydrogens (tertiary/aromatic N) is 2. The van der Waals surface area contributed by atoms with E-state index in [0.29, 0.717) is 39.5 Å². The third kappa shape index (κ3) is 5.42. The Morgan fingerprint density at radius 1 is 1.03 bits per heavy atom. The van der Waals surface area contributed by atoms with Crippen molar-refractivity contribution in [1.82, 2.24) is 9.97 Å². The number of rotatable bonds is 5. The van der Waals surface area contributed by atoms with E-state index in [2.05, 4.69) is 23.3 Å². The number of carbonyl (C=O) groups is 2. The van der Waals surface area contributed by atoms with Crippen LogP contribution in [-0.4, -0.2) is 28.5 Å². The molecule has 0 spiro atoms. The maximum Gasteiger partial charge on any atom is 0.339 e. The normalized spacial score (nSPS) is 15.8. The maximum atomic E-state index is 13.5. The van der Waals surface area contributed by atoms with Crippen molar-refractivity contribution in [3.63, 3.8) is 0 Å². The van der Waals surface area contributed by atoms with Crippen LogP contribution in [0.2, 0.25) is 10.0 Å². The van der Waals surface area contributed by atoms with Gasteiger partial charge in [0.2, 0.25) is 0 Å². The lowest BCUT2D eigenvalue weighted by molar-refractivity contribution is -0.119. The number of esters is 1. The molecule has 2 heterocycles. The first kappa shape index (κ1) is 25.9. The fourth-order valence-electron chi connectivity index (χ4n) is 4.74. The van der Waals surface area contributed by atoms with E-state index in [-0.39, 0.29) is 10.8 Å². The van der Waals surface area contributed by atoms with E-state index in [1.54, 1.807) is 6.92 Å². The molecule has 2 aromatic heterocycles. The average Bonchev–Trinajstić information content (AvgIpc) is 2.90. The number of anilines is 1. The predicted molar refractivity (Wildman–Crippen MR) is 151 cm³/mol. The molecule has 1 N–H and O–H groups in total. The summed E-state index contributed by atoms with van der Waals surface area (Å²) in [6, 6.07) is 19.1. The standard InChI is InChI=1S/C30H25Cl2N3O3/c1-17-12-20(14-19-8-4-3-5-9-19)28-22(13-17)27(21-10-6-7-11-25(21)34-28)30(37)38-16-26(36)35-29-24(32)15-23(31)18(2)33-29/h3-11,14-15,17H,12-13,16H2,1-2H3,(H,33,35,36)/b20-14+. The van der Waals surface area contributed by atoms with Gasteiger partial charge in [0, 0.05) is 5.39 Å². The molecule has 4 aromatic rings. The predicted octanol–water partition coefficient (Wildman–Crippen LogP) is 7.16. The van der Waals surface area contributed by atoms with E-state index in [4.69, 9.17) is 32.9 Å². The van der Waals surface area contributed by atoms with Gasteiger partial charge in [0.15, 0.2) is 12.4 Å². The highest BCUT2D eigenvalue weighted by Gasteiger charge is 2.29. The molecule has 192 valence electrons. The molecule has 0 fully saturated rings. The van der Waals surface area contributed by atoms with Crippen molar-refractivity contribution in [3.8, 4) is 0 Å². The van der Waals surface area contributed by atoms with Gasteiger partial charge in [-0.2, -0.15) is 0 Å². The summed E-state index contributed by atoms with van der Waals surface area (Å²) in [6.45, 7) is 3.37. The van der Waals surface area contributed by atoms with Crippen LogP contribution in [0.3, 0.4) is 0 Å². The molecule has 0 saturated carbocycles. The number of para-hydroxylation sites is 1. The molecule has 8 heteroatoms. The molecule has 2 aromatic carbocycles. The summed E-state index contributed by atoms with van der Waals surface area (Å²) in [7, 11) is 0.